The molecule has 32 heavy (non-hydrogen) atoms. The summed E-state index contributed by atoms with van der Waals surface area (Å²) in [5.41, 5.74) is 2.76. The summed E-state index contributed by atoms with van der Waals surface area (Å²) < 4.78 is 6.94. The van der Waals surface area contributed by atoms with Crippen molar-refractivity contribution in [2.75, 3.05) is 38.5 Å². The Morgan fingerprint density at radius 3 is 2.38 bits per heavy atom. The van der Waals surface area contributed by atoms with E-state index in [2.05, 4.69) is 15.2 Å². The zero-order valence-electron chi connectivity index (χ0n) is 17.8. The fourth-order valence-corrected chi connectivity index (χ4v) is 4.06. The molecule has 3 heterocycles. The fraction of sp³-hybridized carbons (Fsp3) is 0.318. The molecule has 1 fully saturated rings. The Kier molecular flexibility index (Phi) is 7.00. The third kappa shape index (κ3) is 5.25. The number of rotatable bonds is 6. The van der Waals surface area contributed by atoms with Crippen LogP contribution in [0.25, 0.3) is 16.9 Å². The lowest BCUT2D eigenvalue weighted by molar-refractivity contribution is -0.129. The lowest BCUT2D eigenvalue weighted by Crippen LogP contribution is -2.51. The molecule has 3 aromatic rings. The predicted molar refractivity (Wildman–Crippen MR) is 120 cm³/mol. The summed E-state index contributed by atoms with van der Waals surface area (Å²) in [7, 11) is 0. The van der Waals surface area contributed by atoms with Gasteiger partial charge in [-0.25, -0.2) is 9.78 Å². The van der Waals surface area contributed by atoms with E-state index in [1.54, 1.807) is 29.2 Å². The molecule has 1 aliphatic heterocycles. The number of piperazine rings is 1. The highest BCUT2D eigenvalue weighted by atomic mass is 32.2. The summed E-state index contributed by atoms with van der Waals surface area (Å²) in [6.45, 7) is 4.14. The number of amides is 2. The number of imidazole rings is 1. The van der Waals surface area contributed by atoms with Crippen molar-refractivity contribution in [1.29, 1.82) is 0 Å². The van der Waals surface area contributed by atoms with E-state index < -0.39 is 0 Å². The highest BCUT2D eigenvalue weighted by Crippen LogP contribution is 2.21. The third-order valence-electron chi connectivity index (χ3n) is 5.11. The van der Waals surface area contributed by atoms with Crippen molar-refractivity contribution >= 4 is 23.8 Å². The first kappa shape index (κ1) is 21.8. The van der Waals surface area contributed by atoms with Gasteiger partial charge in [-0.1, -0.05) is 23.9 Å². The van der Waals surface area contributed by atoms with Gasteiger partial charge in [0.15, 0.2) is 0 Å². The number of ether oxygens (including phenoxy) is 1. The summed E-state index contributed by atoms with van der Waals surface area (Å²) in [5, 5.41) is 9.26. The smallest absolute Gasteiger partial charge is 0.409 e. The molecule has 0 unspecified atom stereocenters. The van der Waals surface area contributed by atoms with E-state index in [0.29, 0.717) is 37.8 Å². The Morgan fingerprint density at radius 2 is 1.75 bits per heavy atom. The minimum atomic E-state index is -0.319. The van der Waals surface area contributed by atoms with Crippen LogP contribution in [0.2, 0.25) is 0 Å². The SMILES string of the molecule is CCOC(=O)N1CCN(C(=O)CSc2ccc(-c3ccc(-n4ccnc4)cc3)nn2)CC1. The van der Waals surface area contributed by atoms with Gasteiger partial charge in [-0.3, -0.25) is 4.79 Å². The number of nitrogens with zero attached hydrogens (tertiary/aromatic N) is 6. The highest BCUT2D eigenvalue weighted by Gasteiger charge is 2.24. The lowest BCUT2D eigenvalue weighted by atomic mass is 10.1. The van der Waals surface area contributed by atoms with Crippen molar-refractivity contribution in [2.24, 2.45) is 0 Å². The van der Waals surface area contributed by atoms with Crippen molar-refractivity contribution in [3.05, 3.63) is 55.1 Å². The minimum Gasteiger partial charge on any atom is -0.450 e. The van der Waals surface area contributed by atoms with Gasteiger partial charge >= 0.3 is 6.09 Å². The maximum atomic E-state index is 12.5. The van der Waals surface area contributed by atoms with E-state index in [-0.39, 0.29) is 17.8 Å². The molecule has 0 atom stereocenters. The Hall–Kier alpha value is -3.40. The molecule has 1 aromatic carbocycles. The molecule has 0 radical (unpaired) electrons. The van der Waals surface area contributed by atoms with Crippen LogP contribution in [0.1, 0.15) is 6.92 Å². The number of aromatic nitrogens is 4. The first-order valence-electron chi connectivity index (χ1n) is 10.4. The van der Waals surface area contributed by atoms with E-state index in [0.717, 1.165) is 16.9 Å². The predicted octanol–water partition coefficient (Wildman–Crippen LogP) is 2.72. The number of hydrogen-bond acceptors (Lipinski definition) is 7. The number of carbonyl (C=O) groups excluding carboxylic acids is 2. The van der Waals surface area contributed by atoms with Gasteiger partial charge in [0.25, 0.3) is 0 Å². The second-order valence-electron chi connectivity index (χ2n) is 7.13. The Morgan fingerprint density at radius 1 is 1.00 bits per heavy atom. The average molecular weight is 453 g/mol. The normalized spacial score (nSPS) is 13.8. The highest BCUT2D eigenvalue weighted by molar-refractivity contribution is 7.99. The van der Waals surface area contributed by atoms with Crippen LogP contribution in [0.5, 0.6) is 0 Å². The van der Waals surface area contributed by atoms with Crippen LogP contribution in [0.3, 0.4) is 0 Å². The van der Waals surface area contributed by atoms with Crippen LogP contribution in [-0.4, -0.2) is 80.1 Å². The maximum absolute atomic E-state index is 12.5. The van der Waals surface area contributed by atoms with Gasteiger partial charge < -0.3 is 19.1 Å². The summed E-state index contributed by atoms with van der Waals surface area (Å²) in [6, 6.07) is 11.8. The molecule has 1 aliphatic rings. The molecular weight excluding hydrogens is 428 g/mol. The first-order valence-corrected chi connectivity index (χ1v) is 11.4. The second kappa shape index (κ2) is 10.3. The summed E-state index contributed by atoms with van der Waals surface area (Å²) in [4.78, 5) is 31.7. The summed E-state index contributed by atoms with van der Waals surface area (Å²) >= 11 is 1.36. The van der Waals surface area contributed by atoms with Crippen molar-refractivity contribution in [3.63, 3.8) is 0 Å². The molecule has 2 amide bonds. The van der Waals surface area contributed by atoms with Gasteiger partial charge in [-0.2, -0.15) is 0 Å². The molecule has 0 bridgehead atoms. The van der Waals surface area contributed by atoms with Crippen molar-refractivity contribution in [2.45, 2.75) is 11.9 Å². The van der Waals surface area contributed by atoms with Gasteiger partial charge in [0, 0.05) is 49.8 Å². The largest absolute Gasteiger partial charge is 0.450 e. The Bertz CT molecular complexity index is 1030. The molecule has 9 nitrogen and oxygen atoms in total. The van der Waals surface area contributed by atoms with E-state index in [4.69, 9.17) is 4.74 Å². The third-order valence-corrected chi connectivity index (χ3v) is 6.01. The standard InChI is InChI=1S/C22H24N6O3S/c1-2-31-22(30)27-13-11-26(12-14-27)21(29)15-32-20-8-7-19(24-25-20)17-3-5-18(6-4-17)28-10-9-23-16-28/h3-10,16H,2,11-15H2,1H3. The van der Waals surface area contributed by atoms with E-state index in [1.807, 2.05) is 47.2 Å². The number of thioether (sulfide) groups is 1. The van der Waals surface area contributed by atoms with Gasteiger partial charge in [-0.05, 0) is 31.2 Å². The van der Waals surface area contributed by atoms with Gasteiger partial charge in [0.2, 0.25) is 5.91 Å². The molecule has 0 N–H and O–H groups in total. The lowest BCUT2D eigenvalue weighted by Gasteiger charge is -2.34. The van der Waals surface area contributed by atoms with Crippen LogP contribution >= 0.6 is 11.8 Å². The zero-order valence-corrected chi connectivity index (χ0v) is 18.6. The molecule has 166 valence electrons. The van der Waals surface area contributed by atoms with Gasteiger partial charge in [0.05, 0.1) is 24.4 Å². The van der Waals surface area contributed by atoms with Crippen molar-refractivity contribution in [1.82, 2.24) is 29.5 Å². The van der Waals surface area contributed by atoms with Gasteiger partial charge in [-0.15, -0.1) is 10.2 Å². The molecule has 0 saturated carbocycles. The maximum Gasteiger partial charge on any atom is 0.409 e. The summed E-state index contributed by atoms with van der Waals surface area (Å²) in [5.74, 6) is 0.312. The molecule has 0 aliphatic carbocycles. The molecule has 2 aromatic heterocycles. The van der Waals surface area contributed by atoms with Crippen LogP contribution < -0.4 is 0 Å². The van der Waals surface area contributed by atoms with E-state index in [1.165, 1.54) is 11.8 Å². The van der Waals surface area contributed by atoms with Crippen LogP contribution in [0.15, 0.2) is 60.1 Å². The first-order chi connectivity index (χ1) is 15.6. The molecule has 10 heteroatoms. The minimum absolute atomic E-state index is 0.0273. The average Bonchev–Trinajstić information content (AvgIpc) is 3.38. The van der Waals surface area contributed by atoms with Crippen LogP contribution in [0, 0.1) is 0 Å². The van der Waals surface area contributed by atoms with Crippen LogP contribution in [-0.2, 0) is 9.53 Å². The molecule has 1 saturated heterocycles. The number of hydrogen-bond donors (Lipinski definition) is 0. The fourth-order valence-electron chi connectivity index (χ4n) is 3.35. The quantitative estimate of drug-likeness (QED) is 0.531. The molecule has 4 rings (SSSR count). The van der Waals surface area contributed by atoms with E-state index >= 15 is 0 Å². The zero-order chi connectivity index (χ0) is 22.3. The number of carbonyl (C=O) groups is 2. The topological polar surface area (TPSA) is 93.5 Å². The molecular formula is C22H24N6O3S. The number of benzene rings is 1. The molecule has 0 spiro atoms. The Labute approximate surface area is 190 Å². The second-order valence-corrected chi connectivity index (χ2v) is 8.12. The summed E-state index contributed by atoms with van der Waals surface area (Å²) in [6.07, 6.45) is 5.06. The van der Waals surface area contributed by atoms with E-state index in [9.17, 15) is 9.59 Å². The van der Waals surface area contributed by atoms with Crippen LogP contribution in [0.4, 0.5) is 4.79 Å². The van der Waals surface area contributed by atoms with Crippen molar-refractivity contribution in [3.8, 4) is 16.9 Å². The van der Waals surface area contributed by atoms with Crippen molar-refractivity contribution < 1.29 is 14.3 Å². The monoisotopic (exact) mass is 452 g/mol. The van der Waals surface area contributed by atoms with Gasteiger partial charge in [0.1, 0.15) is 5.03 Å². The Balaban J connectivity index is 1.27.